The van der Waals surface area contributed by atoms with E-state index in [0.717, 1.165) is 29.8 Å². The van der Waals surface area contributed by atoms with Gasteiger partial charge in [0.05, 0.1) is 25.9 Å². The minimum atomic E-state index is -0.782. The molecule has 1 aliphatic rings. The Hall–Kier alpha value is -2.08. The smallest absolute Gasteiger partial charge is 0.161 e. The van der Waals surface area contributed by atoms with Crippen LogP contribution in [0.2, 0.25) is 0 Å². The molecule has 0 radical (unpaired) electrons. The first-order chi connectivity index (χ1) is 13.0. The maximum Gasteiger partial charge on any atom is 0.161 e. The molecule has 0 bridgehead atoms. The van der Waals surface area contributed by atoms with Gasteiger partial charge in [-0.15, -0.1) is 0 Å². The van der Waals surface area contributed by atoms with Crippen molar-refractivity contribution < 1.29 is 19.7 Å². The molecule has 0 saturated carbocycles. The molecule has 1 saturated heterocycles. The zero-order chi connectivity index (χ0) is 19.4. The number of ether oxygens (including phenoxy) is 2. The summed E-state index contributed by atoms with van der Waals surface area (Å²) in [5.74, 6) is 1.26. The van der Waals surface area contributed by atoms with Crippen LogP contribution >= 0.6 is 0 Å². The molecule has 2 aromatic carbocycles. The van der Waals surface area contributed by atoms with E-state index in [1.165, 1.54) is 0 Å². The second-order valence-electron chi connectivity index (χ2n) is 7.28. The molecule has 27 heavy (non-hydrogen) atoms. The van der Waals surface area contributed by atoms with Gasteiger partial charge in [0.15, 0.2) is 11.5 Å². The number of rotatable bonds is 6. The fourth-order valence-corrected chi connectivity index (χ4v) is 3.88. The number of hydrogen-bond acceptors (Lipinski definition) is 5. The molecule has 2 aromatic rings. The summed E-state index contributed by atoms with van der Waals surface area (Å²) in [5.41, 5.74) is 2.16. The zero-order valence-electron chi connectivity index (χ0n) is 16.3. The van der Waals surface area contributed by atoms with Crippen LogP contribution in [-0.2, 0) is 5.60 Å². The summed E-state index contributed by atoms with van der Waals surface area (Å²) in [5, 5.41) is 21.7. The summed E-state index contributed by atoms with van der Waals surface area (Å²) in [6, 6.07) is 13.5. The van der Waals surface area contributed by atoms with Crippen molar-refractivity contribution in [1.82, 2.24) is 4.90 Å². The Morgan fingerprint density at radius 1 is 1.04 bits per heavy atom. The Kier molecular flexibility index (Phi) is 6.05. The highest BCUT2D eigenvalue weighted by molar-refractivity contribution is 5.43. The Morgan fingerprint density at radius 3 is 2.33 bits per heavy atom. The van der Waals surface area contributed by atoms with Crippen LogP contribution in [0.5, 0.6) is 11.5 Å². The van der Waals surface area contributed by atoms with Crippen LogP contribution in [0.25, 0.3) is 0 Å². The Balaban J connectivity index is 1.63. The van der Waals surface area contributed by atoms with Gasteiger partial charge >= 0.3 is 0 Å². The van der Waals surface area contributed by atoms with Gasteiger partial charge < -0.3 is 24.6 Å². The van der Waals surface area contributed by atoms with Gasteiger partial charge in [0, 0.05) is 19.6 Å². The quantitative estimate of drug-likeness (QED) is 0.817. The lowest BCUT2D eigenvalue weighted by Crippen LogP contribution is -2.44. The number of likely N-dealkylation sites (tertiary alicyclic amines) is 1. The van der Waals surface area contributed by atoms with Crippen LogP contribution in [0, 0.1) is 6.92 Å². The van der Waals surface area contributed by atoms with Crippen molar-refractivity contribution >= 4 is 0 Å². The van der Waals surface area contributed by atoms with Gasteiger partial charge in [0.25, 0.3) is 0 Å². The summed E-state index contributed by atoms with van der Waals surface area (Å²) in [6.07, 6.45) is 0.710. The van der Waals surface area contributed by atoms with Crippen molar-refractivity contribution in [1.29, 1.82) is 0 Å². The molecule has 146 valence electrons. The summed E-state index contributed by atoms with van der Waals surface area (Å²) in [4.78, 5) is 2.20. The third-order valence-corrected chi connectivity index (χ3v) is 5.55. The third-order valence-electron chi connectivity index (χ3n) is 5.55. The largest absolute Gasteiger partial charge is 0.493 e. The minimum absolute atomic E-state index is 0.527. The highest BCUT2D eigenvalue weighted by atomic mass is 16.5. The van der Waals surface area contributed by atoms with E-state index >= 15 is 0 Å². The average molecular weight is 371 g/mol. The molecule has 1 unspecified atom stereocenters. The van der Waals surface area contributed by atoms with E-state index in [9.17, 15) is 10.2 Å². The monoisotopic (exact) mass is 371 g/mol. The van der Waals surface area contributed by atoms with Gasteiger partial charge in [-0.05, 0) is 48.6 Å². The van der Waals surface area contributed by atoms with Crippen LogP contribution in [0.3, 0.4) is 0 Å². The predicted octanol–water partition coefficient (Wildman–Crippen LogP) is 3.03. The minimum Gasteiger partial charge on any atom is -0.493 e. The van der Waals surface area contributed by atoms with E-state index in [0.29, 0.717) is 30.9 Å². The molecular formula is C22H29NO4. The van der Waals surface area contributed by atoms with E-state index in [-0.39, 0.29) is 0 Å². The van der Waals surface area contributed by atoms with Gasteiger partial charge in [0.2, 0.25) is 0 Å². The number of β-amino-alcohol motifs (C(OH)–C–C–N with tert-alkyl or cyclic N) is 1. The zero-order valence-corrected chi connectivity index (χ0v) is 16.3. The maximum absolute atomic E-state index is 11.1. The number of nitrogens with zero attached hydrogens (tertiary/aromatic N) is 1. The molecule has 3 rings (SSSR count). The highest BCUT2D eigenvalue weighted by Crippen LogP contribution is 2.35. The molecule has 2 N–H and O–H groups in total. The van der Waals surface area contributed by atoms with Crippen LogP contribution in [0.4, 0.5) is 0 Å². The first-order valence-electron chi connectivity index (χ1n) is 9.37. The van der Waals surface area contributed by atoms with E-state index in [1.54, 1.807) is 14.2 Å². The van der Waals surface area contributed by atoms with Crippen LogP contribution in [0.1, 0.15) is 35.6 Å². The Bertz CT molecular complexity index is 769. The van der Waals surface area contributed by atoms with Crippen molar-refractivity contribution in [2.75, 3.05) is 33.9 Å². The Labute approximate surface area is 161 Å². The third kappa shape index (κ3) is 4.26. The predicted molar refractivity (Wildman–Crippen MR) is 105 cm³/mol. The van der Waals surface area contributed by atoms with Crippen LogP contribution in [-0.4, -0.2) is 49.0 Å². The lowest BCUT2D eigenvalue weighted by atomic mass is 9.82. The first-order valence-corrected chi connectivity index (χ1v) is 9.37. The standard InChI is InChI=1S/C22H29NO4/c1-16-6-4-5-7-18(16)22(25)10-12-23(13-11-22)15-19(24)17-8-9-20(26-2)21(14-17)27-3/h4-9,14,19,24-25H,10-13,15H2,1-3H3. The molecule has 0 spiro atoms. The van der Waals surface area contributed by atoms with Crippen molar-refractivity contribution in [3.8, 4) is 11.5 Å². The van der Waals surface area contributed by atoms with Crippen molar-refractivity contribution in [2.24, 2.45) is 0 Å². The molecule has 5 nitrogen and oxygen atoms in total. The molecular weight excluding hydrogens is 342 g/mol. The van der Waals surface area contributed by atoms with E-state index < -0.39 is 11.7 Å². The molecule has 1 heterocycles. The summed E-state index contributed by atoms with van der Waals surface area (Å²) >= 11 is 0. The van der Waals surface area contributed by atoms with E-state index in [4.69, 9.17) is 9.47 Å². The lowest BCUT2D eigenvalue weighted by Gasteiger charge is -2.39. The first kappa shape index (κ1) is 19.7. The fourth-order valence-electron chi connectivity index (χ4n) is 3.88. The molecule has 0 aromatic heterocycles. The molecule has 0 amide bonds. The molecule has 1 fully saturated rings. The molecule has 1 atom stereocenters. The van der Waals surface area contributed by atoms with Gasteiger partial charge in [0.1, 0.15) is 0 Å². The molecule has 5 heteroatoms. The highest BCUT2D eigenvalue weighted by Gasteiger charge is 2.35. The molecule has 1 aliphatic heterocycles. The number of aryl methyl sites for hydroxylation is 1. The fraction of sp³-hybridized carbons (Fsp3) is 0.455. The number of piperidine rings is 1. The molecule has 0 aliphatic carbocycles. The number of aliphatic hydroxyl groups excluding tert-OH is 1. The van der Waals surface area contributed by atoms with Crippen LogP contribution in [0.15, 0.2) is 42.5 Å². The van der Waals surface area contributed by atoms with Crippen molar-refractivity contribution in [2.45, 2.75) is 31.5 Å². The van der Waals surface area contributed by atoms with Gasteiger partial charge in [-0.1, -0.05) is 30.3 Å². The second-order valence-corrected chi connectivity index (χ2v) is 7.28. The number of aliphatic hydroxyl groups is 2. The summed E-state index contributed by atoms with van der Waals surface area (Å²) in [6.45, 7) is 4.06. The number of benzene rings is 2. The van der Waals surface area contributed by atoms with E-state index in [2.05, 4.69) is 4.90 Å². The summed E-state index contributed by atoms with van der Waals surface area (Å²) in [7, 11) is 3.18. The average Bonchev–Trinajstić information content (AvgIpc) is 2.69. The SMILES string of the molecule is COc1ccc(C(O)CN2CCC(O)(c3ccccc3C)CC2)cc1OC. The van der Waals surface area contributed by atoms with Gasteiger partial charge in [-0.2, -0.15) is 0 Å². The van der Waals surface area contributed by atoms with E-state index in [1.807, 2.05) is 49.4 Å². The van der Waals surface area contributed by atoms with Gasteiger partial charge in [-0.3, -0.25) is 0 Å². The van der Waals surface area contributed by atoms with Crippen LogP contribution < -0.4 is 9.47 Å². The van der Waals surface area contributed by atoms with Gasteiger partial charge in [-0.25, -0.2) is 0 Å². The number of hydrogen-bond donors (Lipinski definition) is 2. The van der Waals surface area contributed by atoms with Crippen molar-refractivity contribution in [3.05, 3.63) is 59.2 Å². The normalized spacial score (nSPS) is 18.1. The lowest BCUT2D eigenvalue weighted by molar-refractivity contribution is -0.0349. The second kappa shape index (κ2) is 8.30. The Morgan fingerprint density at radius 2 is 1.70 bits per heavy atom. The summed E-state index contributed by atoms with van der Waals surface area (Å²) < 4.78 is 10.6. The number of methoxy groups -OCH3 is 2. The topological polar surface area (TPSA) is 62.2 Å². The maximum atomic E-state index is 11.1. The van der Waals surface area contributed by atoms with Crippen molar-refractivity contribution in [3.63, 3.8) is 0 Å².